The molecule has 0 bridgehead atoms. The maximum atomic E-state index is 7.16. The highest BCUT2D eigenvalue weighted by Gasteiger charge is 2.38. The van der Waals surface area contributed by atoms with E-state index in [-0.39, 0.29) is 10.8 Å². The highest BCUT2D eigenvalue weighted by Crippen LogP contribution is 2.53. The topological polar surface area (TPSA) is 38.4 Å². The molecule has 0 aliphatic heterocycles. The minimum atomic E-state index is -0.132. The highest BCUT2D eigenvalue weighted by molar-refractivity contribution is 6.03. The lowest BCUT2D eigenvalue weighted by molar-refractivity contribution is 0.662. The van der Waals surface area contributed by atoms with Crippen molar-refractivity contribution in [3.05, 3.63) is 264 Å². The van der Waals surface area contributed by atoms with E-state index in [0.717, 1.165) is 55.8 Å². The van der Waals surface area contributed by atoms with Crippen molar-refractivity contribution in [1.29, 1.82) is 0 Å². The molecule has 0 saturated heterocycles. The number of benzene rings is 9. The van der Waals surface area contributed by atoms with Crippen LogP contribution in [0.3, 0.4) is 0 Å². The van der Waals surface area contributed by atoms with Gasteiger partial charge in [0.05, 0.1) is 5.70 Å². The first-order chi connectivity index (χ1) is 32.6. The molecule has 2 aliphatic rings. The van der Waals surface area contributed by atoms with Crippen LogP contribution in [0.2, 0.25) is 0 Å². The molecule has 2 nitrogen and oxygen atoms in total. The Labute approximate surface area is 395 Å². The van der Waals surface area contributed by atoms with Crippen molar-refractivity contribution >= 4 is 17.1 Å². The second-order valence-corrected chi connectivity index (χ2v) is 19.0. The number of nitrogens with zero attached hydrogens (tertiary/aromatic N) is 1. The molecule has 11 rings (SSSR count). The maximum absolute atomic E-state index is 7.16. The minimum Gasteiger partial charge on any atom is -0.383 e. The van der Waals surface area contributed by atoms with Crippen LogP contribution < -0.4 is 5.73 Å². The molecular formula is C65H52N2. The molecule has 2 heteroatoms. The number of aliphatic imine (C=N–C) groups is 1. The third-order valence-corrected chi connectivity index (χ3v) is 14.2. The lowest BCUT2D eigenvalue weighted by Crippen LogP contribution is -2.16. The third-order valence-electron chi connectivity index (χ3n) is 14.2. The Morgan fingerprint density at radius 2 is 0.791 bits per heavy atom. The summed E-state index contributed by atoms with van der Waals surface area (Å²) in [4.78, 5) is 5.30. The van der Waals surface area contributed by atoms with Gasteiger partial charge in [-0.2, -0.15) is 0 Å². The molecule has 0 amide bonds. The van der Waals surface area contributed by atoms with Crippen LogP contribution in [0, 0.1) is 0 Å². The van der Waals surface area contributed by atoms with E-state index in [4.69, 9.17) is 10.7 Å². The zero-order valence-electron chi connectivity index (χ0n) is 38.5. The molecule has 0 aromatic heterocycles. The molecule has 9 aromatic rings. The molecule has 0 heterocycles. The third kappa shape index (κ3) is 7.27. The first kappa shape index (κ1) is 41.6. The van der Waals surface area contributed by atoms with Gasteiger partial charge in [0.1, 0.15) is 5.84 Å². The van der Waals surface area contributed by atoms with E-state index in [1.165, 1.54) is 61.2 Å². The molecule has 0 unspecified atom stereocenters. The molecule has 0 spiro atoms. The van der Waals surface area contributed by atoms with Gasteiger partial charge in [-0.05, 0) is 124 Å². The molecule has 0 atom stereocenters. The second kappa shape index (κ2) is 16.4. The Balaban J connectivity index is 0.994. The van der Waals surface area contributed by atoms with Gasteiger partial charge in [-0.1, -0.05) is 228 Å². The molecule has 2 aliphatic carbocycles. The summed E-state index contributed by atoms with van der Waals surface area (Å²) in [5.41, 5.74) is 31.3. The van der Waals surface area contributed by atoms with Crippen molar-refractivity contribution < 1.29 is 0 Å². The number of allylic oxidation sites excluding steroid dienone is 2. The Bertz CT molecular complexity index is 3380. The molecular weight excluding hydrogens is 809 g/mol. The van der Waals surface area contributed by atoms with Crippen LogP contribution in [0.5, 0.6) is 0 Å². The highest BCUT2D eigenvalue weighted by atomic mass is 14.9. The lowest BCUT2D eigenvalue weighted by Gasteiger charge is -2.24. The smallest absolute Gasteiger partial charge is 0.131 e. The number of fused-ring (bicyclic) bond motifs is 6. The lowest BCUT2D eigenvalue weighted by atomic mass is 9.79. The quantitative estimate of drug-likeness (QED) is 0.0876. The van der Waals surface area contributed by atoms with Gasteiger partial charge in [-0.25, -0.2) is 4.99 Å². The summed E-state index contributed by atoms with van der Waals surface area (Å²) in [5, 5.41) is 0. The summed E-state index contributed by atoms with van der Waals surface area (Å²) in [6.45, 7) is 14.0. The zero-order valence-corrected chi connectivity index (χ0v) is 38.5. The van der Waals surface area contributed by atoms with Crippen LogP contribution in [0.4, 0.5) is 0 Å². The van der Waals surface area contributed by atoms with Crippen molar-refractivity contribution in [3.63, 3.8) is 0 Å². The SMILES string of the molecule is C=C(/C=C(\N=C(N)c1cc(-c2ccccc2)cc(-c2ccccc2)c1)c1ccc(-c2cccc3c2C(C)(C)c2ccccc2-3)cc1)c1ccc(-c2cccc3c2C(C)(C)c2ccccc2-3)cc1. The molecule has 9 aromatic carbocycles. The first-order valence-corrected chi connectivity index (χ1v) is 23.3. The van der Waals surface area contributed by atoms with Gasteiger partial charge in [0.2, 0.25) is 0 Å². The van der Waals surface area contributed by atoms with E-state index in [9.17, 15) is 0 Å². The van der Waals surface area contributed by atoms with Crippen LogP contribution in [0.1, 0.15) is 66.6 Å². The van der Waals surface area contributed by atoms with Gasteiger partial charge in [0.25, 0.3) is 0 Å². The Morgan fingerprint density at radius 1 is 0.388 bits per heavy atom. The van der Waals surface area contributed by atoms with Crippen LogP contribution in [0.25, 0.3) is 78.0 Å². The van der Waals surface area contributed by atoms with E-state index < -0.39 is 0 Å². The van der Waals surface area contributed by atoms with Crippen molar-refractivity contribution in [2.75, 3.05) is 0 Å². The van der Waals surface area contributed by atoms with Crippen LogP contribution in [-0.2, 0) is 10.8 Å². The van der Waals surface area contributed by atoms with E-state index >= 15 is 0 Å². The van der Waals surface area contributed by atoms with E-state index in [2.05, 4.69) is 241 Å². The summed E-state index contributed by atoms with van der Waals surface area (Å²) in [6.07, 6.45) is 2.08. The van der Waals surface area contributed by atoms with Crippen LogP contribution in [0.15, 0.2) is 230 Å². The molecule has 0 saturated carbocycles. The van der Waals surface area contributed by atoms with Gasteiger partial charge in [-0.15, -0.1) is 0 Å². The molecule has 2 N–H and O–H groups in total. The Morgan fingerprint density at radius 3 is 1.27 bits per heavy atom. The molecule has 322 valence electrons. The zero-order chi connectivity index (χ0) is 45.9. The normalized spacial score (nSPS) is 14.2. The summed E-state index contributed by atoms with van der Waals surface area (Å²) >= 11 is 0. The fraction of sp³-hybridized carbons (Fsp3) is 0.0923. The number of amidine groups is 1. The molecule has 0 radical (unpaired) electrons. The van der Waals surface area contributed by atoms with Crippen molar-refractivity contribution in [3.8, 4) is 66.8 Å². The van der Waals surface area contributed by atoms with Gasteiger partial charge in [0.15, 0.2) is 0 Å². The largest absolute Gasteiger partial charge is 0.383 e. The number of nitrogens with two attached hydrogens (primary N) is 1. The predicted molar refractivity (Wildman–Crippen MR) is 284 cm³/mol. The summed E-state index contributed by atoms with van der Waals surface area (Å²) < 4.78 is 0. The summed E-state index contributed by atoms with van der Waals surface area (Å²) in [6, 6.07) is 76.1. The Kier molecular flexibility index (Phi) is 10.2. The van der Waals surface area contributed by atoms with E-state index in [0.29, 0.717) is 5.84 Å². The predicted octanol–water partition coefficient (Wildman–Crippen LogP) is 16.4. The van der Waals surface area contributed by atoms with Gasteiger partial charge in [0, 0.05) is 22.0 Å². The number of hydrogen-bond acceptors (Lipinski definition) is 1. The van der Waals surface area contributed by atoms with E-state index in [1.54, 1.807) is 0 Å². The summed E-state index contributed by atoms with van der Waals surface area (Å²) in [7, 11) is 0. The first-order valence-electron chi connectivity index (χ1n) is 23.3. The van der Waals surface area contributed by atoms with Gasteiger partial charge in [-0.3, -0.25) is 0 Å². The second-order valence-electron chi connectivity index (χ2n) is 19.0. The van der Waals surface area contributed by atoms with Crippen LogP contribution in [-0.4, -0.2) is 5.84 Å². The molecule has 67 heavy (non-hydrogen) atoms. The Hall–Kier alpha value is -8.07. The maximum Gasteiger partial charge on any atom is 0.131 e. The van der Waals surface area contributed by atoms with Gasteiger partial charge < -0.3 is 5.73 Å². The van der Waals surface area contributed by atoms with Crippen molar-refractivity contribution in [2.24, 2.45) is 10.7 Å². The fourth-order valence-electron chi connectivity index (χ4n) is 10.9. The number of rotatable bonds is 9. The van der Waals surface area contributed by atoms with Crippen LogP contribution >= 0.6 is 0 Å². The van der Waals surface area contributed by atoms with E-state index in [1.807, 2.05) is 12.1 Å². The van der Waals surface area contributed by atoms with Gasteiger partial charge >= 0.3 is 0 Å². The van der Waals surface area contributed by atoms with Crippen molar-refractivity contribution in [1.82, 2.24) is 0 Å². The standard InChI is InChI=1S/C65H52N2/c1-42(43-30-32-46(33-31-43)52-24-16-26-56-54-22-12-14-28-58(54)64(2,3)61(52)56)38-60(67-63(66)51-40-49(44-18-8-6-9-19-44)39-50(41-51)45-20-10-7-11-21-45)48-36-34-47(35-37-48)53-25-17-27-57-55-23-13-15-29-59(55)65(4,5)62(53)57/h6-41H,1H2,2-5H3,(H2,66,67)/b60-38-. The minimum absolute atomic E-state index is 0.111. The average Bonchev–Trinajstić information content (AvgIpc) is 3.76. The molecule has 0 fully saturated rings. The van der Waals surface area contributed by atoms with Crippen molar-refractivity contribution in [2.45, 2.75) is 38.5 Å². The fourth-order valence-corrected chi connectivity index (χ4v) is 10.9. The monoisotopic (exact) mass is 860 g/mol. The average molecular weight is 861 g/mol. The number of hydrogen-bond donors (Lipinski definition) is 1. The summed E-state index contributed by atoms with van der Waals surface area (Å²) in [5.74, 6) is 0.426.